The first-order valence-corrected chi connectivity index (χ1v) is 10.2. The van der Waals surface area contributed by atoms with Crippen LogP contribution in [-0.4, -0.2) is 66.1 Å². The van der Waals surface area contributed by atoms with E-state index in [1.165, 1.54) is 0 Å². The lowest BCUT2D eigenvalue weighted by molar-refractivity contribution is -0.140. The van der Waals surface area contributed by atoms with Gasteiger partial charge in [0, 0.05) is 26.2 Å². The maximum Gasteiger partial charge on any atom is 0.226 e. The van der Waals surface area contributed by atoms with E-state index in [2.05, 4.69) is 0 Å². The third-order valence-corrected chi connectivity index (χ3v) is 5.07. The molecule has 2 amide bonds. The summed E-state index contributed by atoms with van der Waals surface area (Å²) in [6.07, 6.45) is 0.599. The van der Waals surface area contributed by atoms with Crippen molar-refractivity contribution in [1.82, 2.24) is 9.80 Å². The summed E-state index contributed by atoms with van der Waals surface area (Å²) in [5, 5.41) is 9.26. The van der Waals surface area contributed by atoms with Crippen molar-refractivity contribution in [3.05, 3.63) is 54.1 Å². The van der Waals surface area contributed by atoms with Gasteiger partial charge in [-0.1, -0.05) is 18.2 Å². The molecule has 7 nitrogen and oxygen atoms in total. The fraction of sp³-hybridized carbons (Fsp3) is 0.391. The molecule has 0 spiro atoms. The van der Waals surface area contributed by atoms with Crippen molar-refractivity contribution in [3.8, 4) is 17.2 Å². The highest BCUT2D eigenvalue weighted by atomic mass is 16.5. The van der Waals surface area contributed by atoms with E-state index in [0.29, 0.717) is 45.0 Å². The molecular formula is C23H28N2O5. The van der Waals surface area contributed by atoms with Gasteiger partial charge < -0.3 is 24.4 Å². The number of para-hydroxylation sites is 1. The van der Waals surface area contributed by atoms with Crippen LogP contribution >= 0.6 is 0 Å². The van der Waals surface area contributed by atoms with Gasteiger partial charge >= 0.3 is 0 Å². The van der Waals surface area contributed by atoms with Crippen molar-refractivity contribution in [2.45, 2.75) is 19.8 Å². The van der Waals surface area contributed by atoms with E-state index in [1.54, 1.807) is 34.1 Å². The largest absolute Gasteiger partial charge is 0.508 e. The molecule has 3 rings (SSSR count). The molecule has 1 aliphatic rings. The van der Waals surface area contributed by atoms with Crippen LogP contribution in [0.3, 0.4) is 0 Å². The minimum Gasteiger partial charge on any atom is -0.508 e. The van der Waals surface area contributed by atoms with Gasteiger partial charge in [-0.05, 0) is 42.8 Å². The number of ether oxygens (including phenoxy) is 2. The molecule has 0 unspecified atom stereocenters. The highest BCUT2D eigenvalue weighted by molar-refractivity contribution is 5.78. The van der Waals surface area contributed by atoms with Gasteiger partial charge in [0.2, 0.25) is 11.8 Å². The van der Waals surface area contributed by atoms with Crippen LogP contribution in [0.2, 0.25) is 0 Å². The third kappa shape index (κ3) is 6.14. The van der Waals surface area contributed by atoms with E-state index in [9.17, 15) is 14.7 Å². The Kier molecular flexibility index (Phi) is 7.54. The van der Waals surface area contributed by atoms with Gasteiger partial charge in [-0.25, -0.2) is 0 Å². The summed E-state index contributed by atoms with van der Waals surface area (Å²) in [6, 6.07) is 14.1. The highest BCUT2D eigenvalue weighted by Crippen LogP contribution is 2.17. The molecule has 1 fully saturated rings. The summed E-state index contributed by atoms with van der Waals surface area (Å²) in [5.74, 6) is 1.65. The summed E-state index contributed by atoms with van der Waals surface area (Å²) < 4.78 is 11.2. The summed E-state index contributed by atoms with van der Waals surface area (Å²) in [5.41, 5.74) is 1.05. The number of phenolic OH excluding ortho intramolecular Hbond substituents is 1. The van der Waals surface area contributed by atoms with Crippen LogP contribution in [0.5, 0.6) is 17.2 Å². The molecule has 160 valence electrons. The summed E-state index contributed by atoms with van der Waals surface area (Å²) in [6.45, 7) is 4.73. The van der Waals surface area contributed by atoms with Gasteiger partial charge in [-0.3, -0.25) is 9.59 Å². The number of hydrogen-bond acceptors (Lipinski definition) is 5. The van der Waals surface area contributed by atoms with E-state index < -0.39 is 0 Å². The van der Waals surface area contributed by atoms with Gasteiger partial charge in [0.1, 0.15) is 17.2 Å². The Hall–Kier alpha value is -3.22. The van der Waals surface area contributed by atoms with Crippen LogP contribution in [0, 0.1) is 6.92 Å². The lowest BCUT2D eigenvalue weighted by Crippen LogP contribution is -2.51. The van der Waals surface area contributed by atoms with Crippen LogP contribution in [0.4, 0.5) is 0 Å². The second kappa shape index (κ2) is 10.5. The number of carbonyl (C=O) groups is 2. The zero-order valence-electron chi connectivity index (χ0n) is 17.3. The number of hydrogen-bond donors (Lipinski definition) is 1. The minimum atomic E-state index is 0.0174. The molecule has 0 radical (unpaired) electrons. The monoisotopic (exact) mass is 412 g/mol. The molecular weight excluding hydrogens is 384 g/mol. The van der Waals surface area contributed by atoms with Gasteiger partial charge in [0.15, 0.2) is 0 Å². The molecule has 1 heterocycles. The van der Waals surface area contributed by atoms with E-state index in [4.69, 9.17) is 9.47 Å². The number of aromatic hydroxyl groups is 1. The number of aryl methyl sites for hydroxylation is 1. The number of carbonyl (C=O) groups excluding carboxylic acids is 2. The molecule has 0 aliphatic carbocycles. The predicted octanol–water partition coefficient (Wildman–Crippen LogP) is 2.61. The average Bonchev–Trinajstić information content (AvgIpc) is 2.76. The molecule has 7 heteroatoms. The van der Waals surface area contributed by atoms with E-state index in [0.717, 1.165) is 11.3 Å². The lowest BCUT2D eigenvalue weighted by atomic mass is 10.2. The number of nitrogens with zero attached hydrogens (tertiary/aromatic N) is 2. The van der Waals surface area contributed by atoms with Crippen LogP contribution < -0.4 is 9.47 Å². The number of benzene rings is 2. The quantitative estimate of drug-likeness (QED) is 0.721. The molecule has 0 atom stereocenters. The van der Waals surface area contributed by atoms with Gasteiger partial charge in [-0.15, -0.1) is 0 Å². The molecule has 1 aliphatic heterocycles. The fourth-order valence-electron chi connectivity index (χ4n) is 3.29. The molecule has 2 aromatic carbocycles. The number of piperazine rings is 1. The second-order valence-corrected chi connectivity index (χ2v) is 7.22. The Labute approximate surface area is 176 Å². The summed E-state index contributed by atoms with van der Waals surface area (Å²) in [7, 11) is 0. The maximum absolute atomic E-state index is 12.4. The third-order valence-electron chi connectivity index (χ3n) is 5.07. The topological polar surface area (TPSA) is 79.3 Å². The fourth-order valence-corrected chi connectivity index (χ4v) is 3.29. The van der Waals surface area contributed by atoms with Gasteiger partial charge in [0.05, 0.1) is 26.1 Å². The van der Waals surface area contributed by atoms with Crippen LogP contribution in [-0.2, 0) is 9.59 Å². The Balaban J connectivity index is 1.33. The predicted molar refractivity (Wildman–Crippen MR) is 113 cm³/mol. The van der Waals surface area contributed by atoms with Crippen molar-refractivity contribution >= 4 is 11.8 Å². The molecule has 0 aromatic heterocycles. The van der Waals surface area contributed by atoms with Crippen molar-refractivity contribution in [3.63, 3.8) is 0 Å². The zero-order chi connectivity index (χ0) is 21.3. The number of amides is 2. The molecule has 30 heavy (non-hydrogen) atoms. The first-order valence-electron chi connectivity index (χ1n) is 10.2. The van der Waals surface area contributed by atoms with E-state index in [-0.39, 0.29) is 30.6 Å². The maximum atomic E-state index is 12.4. The molecule has 1 N–H and O–H groups in total. The molecule has 0 bridgehead atoms. The minimum absolute atomic E-state index is 0.0174. The molecule has 1 saturated heterocycles. The first kappa shape index (κ1) is 21.5. The van der Waals surface area contributed by atoms with E-state index in [1.807, 2.05) is 31.2 Å². The highest BCUT2D eigenvalue weighted by Gasteiger charge is 2.23. The van der Waals surface area contributed by atoms with E-state index >= 15 is 0 Å². The average molecular weight is 412 g/mol. The van der Waals surface area contributed by atoms with Crippen molar-refractivity contribution in [1.29, 1.82) is 0 Å². The molecule has 2 aromatic rings. The molecule has 0 saturated carbocycles. The van der Waals surface area contributed by atoms with Gasteiger partial charge in [0.25, 0.3) is 0 Å². The standard InChI is InChI=1S/C23H28N2O5/c1-18-4-2-3-5-21(18)30-17-11-23(28)25-14-12-24(13-15-25)22(27)10-16-29-20-8-6-19(26)7-9-20/h2-9,26H,10-17H2,1H3. The lowest BCUT2D eigenvalue weighted by Gasteiger charge is -2.35. The van der Waals surface area contributed by atoms with Crippen LogP contribution in [0.1, 0.15) is 18.4 Å². The second-order valence-electron chi connectivity index (χ2n) is 7.22. The first-order chi connectivity index (χ1) is 14.5. The number of phenols is 1. The Morgan fingerprint density at radius 3 is 1.93 bits per heavy atom. The van der Waals surface area contributed by atoms with Crippen LogP contribution in [0.15, 0.2) is 48.5 Å². The Morgan fingerprint density at radius 2 is 1.37 bits per heavy atom. The normalized spacial score (nSPS) is 13.8. The van der Waals surface area contributed by atoms with Gasteiger partial charge in [-0.2, -0.15) is 0 Å². The van der Waals surface area contributed by atoms with Crippen LogP contribution in [0.25, 0.3) is 0 Å². The van der Waals surface area contributed by atoms with Crippen molar-refractivity contribution in [2.75, 3.05) is 39.4 Å². The SMILES string of the molecule is Cc1ccccc1OCCC(=O)N1CCN(C(=O)CCOc2ccc(O)cc2)CC1. The van der Waals surface area contributed by atoms with Crippen molar-refractivity contribution < 1.29 is 24.2 Å². The summed E-state index contributed by atoms with van der Waals surface area (Å²) >= 11 is 0. The van der Waals surface area contributed by atoms with Crippen molar-refractivity contribution in [2.24, 2.45) is 0 Å². The Morgan fingerprint density at radius 1 is 0.833 bits per heavy atom. The number of rotatable bonds is 8. The zero-order valence-corrected chi connectivity index (χ0v) is 17.3. The smallest absolute Gasteiger partial charge is 0.226 e. The summed E-state index contributed by atoms with van der Waals surface area (Å²) in [4.78, 5) is 28.3. The Bertz CT molecular complexity index is 845.